The predicted octanol–water partition coefficient (Wildman–Crippen LogP) is 11.5. The van der Waals surface area contributed by atoms with Gasteiger partial charge in [-0.2, -0.15) is 0 Å². The second kappa shape index (κ2) is 36.4. The van der Waals surface area contributed by atoms with Crippen molar-refractivity contribution in [2.45, 2.75) is 238 Å². The van der Waals surface area contributed by atoms with E-state index in [0.717, 1.165) is 38.0 Å². The van der Waals surface area contributed by atoms with Crippen molar-refractivity contribution in [2.24, 2.45) is 5.92 Å². The highest BCUT2D eigenvalue weighted by atomic mass is 16.3. The lowest BCUT2D eigenvalue weighted by molar-refractivity contribution is -0.131. The predicted molar refractivity (Wildman–Crippen MR) is 204 cm³/mol. The third kappa shape index (κ3) is 32.1. The maximum atomic E-state index is 12.5. The van der Waals surface area contributed by atoms with Crippen LogP contribution >= 0.6 is 0 Å². The largest absolute Gasteiger partial charge is 0.394 e. The number of aliphatic hydroxyl groups excluding tert-OH is 3. The Morgan fingerprint density at radius 3 is 1.32 bits per heavy atom. The molecule has 0 unspecified atom stereocenters. The average Bonchev–Trinajstić information content (AvgIpc) is 3.07. The van der Waals surface area contributed by atoms with E-state index in [9.17, 15) is 20.1 Å². The molecule has 0 bridgehead atoms. The van der Waals surface area contributed by atoms with E-state index in [-0.39, 0.29) is 6.61 Å². The highest BCUT2D eigenvalue weighted by Gasteiger charge is 2.22. The summed E-state index contributed by atoms with van der Waals surface area (Å²) in [7, 11) is 0. The molecule has 0 spiro atoms. The molecule has 0 aliphatic rings. The van der Waals surface area contributed by atoms with Crippen LogP contribution in [0.3, 0.4) is 0 Å². The lowest BCUT2D eigenvalue weighted by atomic mass is 9.96. The van der Waals surface area contributed by atoms with E-state index in [1.54, 1.807) is 6.08 Å². The fourth-order valence-corrected chi connectivity index (χ4v) is 6.61. The molecule has 47 heavy (non-hydrogen) atoms. The molecular formula is C42H83NO4. The summed E-state index contributed by atoms with van der Waals surface area (Å²) in [4.78, 5) is 12.5. The summed E-state index contributed by atoms with van der Waals surface area (Å²) in [5, 5.41) is 33.1. The molecule has 4 N–H and O–H groups in total. The van der Waals surface area contributed by atoms with E-state index in [2.05, 4.69) is 26.1 Å². The van der Waals surface area contributed by atoms with Crippen LogP contribution in [0.15, 0.2) is 12.2 Å². The van der Waals surface area contributed by atoms with Crippen molar-refractivity contribution < 1.29 is 20.1 Å². The Morgan fingerprint density at radius 1 is 0.553 bits per heavy atom. The Balaban J connectivity index is 3.73. The quantitative estimate of drug-likeness (QED) is 0.0393. The van der Waals surface area contributed by atoms with Crippen LogP contribution in [0.25, 0.3) is 0 Å². The fraction of sp³-hybridized carbons (Fsp3) is 0.929. The van der Waals surface area contributed by atoms with Gasteiger partial charge in [0.25, 0.3) is 0 Å². The molecule has 0 aromatic rings. The summed E-state index contributed by atoms with van der Waals surface area (Å²) in [5.74, 6) is 0.224. The van der Waals surface area contributed by atoms with Gasteiger partial charge in [0.1, 0.15) is 6.10 Å². The standard InChI is InChI=1S/C42H83NO4/c1-4-6-8-10-12-13-14-15-16-17-18-19-20-21-22-23-25-27-31-36-41(46)42(47)43-39(37-44)40(45)35-32-28-30-34-38(3)33-29-26-24-11-9-7-5-2/h32,35,38-41,44-46H,4-31,33-34,36-37H2,1-3H3,(H,43,47)/b35-32+/t38-,39-,40+,41-/m1/s1. The number of nitrogens with one attached hydrogen (secondary N) is 1. The van der Waals surface area contributed by atoms with Gasteiger partial charge in [0.05, 0.1) is 18.8 Å². The van der Waals surface area contributed by atoms with Gasteiger partial charge >= 0.3 is 0 Å². The number of rotatable bonds is 37. The number of aliphatic hydroxyl groups is 3. The maximum Gasteiger partial charge on any atom is 0.249 e. The lowest BCUT2D eigenvalue weighted by Gasteiger charge is -2.21. The van der Waals surface area contributed by atoms with Gasteiger partial charge in [0, 0.05) is 0 Å². The van der Waals surface area contributed by atoms with Crippen molar-refractivity contribution in [2.75, 3.05) is 6.61 Å². The summed E-state index contributed by atoms with van der Waals surface area (Å²) in [6.07, 6.45) is 41.0. The van der Waals surface area contributed by atoms with E-state index in [0.29, 0.717) is 6.42 Å². The Hall–Kier alpha value is -0.910. The number of carbonyl (C=O) groups is 1. The van der Waals surface area contributed by atoms with Gasteiger partial charge in [-0.15, -0.1) is 0 Å². The van der Waals surface area contributed by atoms with Gasteiger partial charge in [-0.05, 0) is 25.2 Å². The number of amides is 1. The molecular weight excluding hydrogens is 582 g/mol. The van der Waals surface area contributed by atoms with Crippen molar-refractivity contribution in [1.82, 2.24) is 5.32 Å². The summed E-state index contributed by atoms with van der Waals surface area (Å²) < 4.78 is 0. The number of allylic oxidation sites excluding steroid dienone is 1. The smallest absolute Gasteiger partial charge is 0.249 e. The number of hydrogen-bond donors (Lipinski definition) is 4. The highest BCUT2D eigenvalue weighted by Crippen LogP contribution is 2.18. The minimum absolute atomic E-state index is 0.362. The monoisotopic (exact) mass is 666 g/mol. The van der Waals surface area contributed by atoms with E-state index < -0.39 is 24.2 Å². The van der Waals surface area contributed by atoms with Crippen LogP contribution in [0.4, 0.5) is 0 Å². The van der Waals surface area contributed by atoms with E-state index >= 15 is 0 Å². The van der Waals surface area contributed by atoms with E-state index in [1.807, 2.05) is 6.08 Å². The van der Waals surface area contributed by atoms with Gasteiger partial charge in [-0.3, -0.25) is 4.79 Å². The van der Waals surface area contributed by atoms with Crippen LogP contribution < -0.4 is 5.32 Å². The van der Waals surface area contributed by atoms with Crippen LogP contribution in [-0.2, 0) is 4.79 Å². The summed E-state index contributed by atoms with van der Waals surface area (Å²) >= 11 is 0. The van der Waals surface area contributed by atoms with Crippen molar-refractivity contribution in [3.63, 3.8) is 0 Å². The van der Waals surface area contributed by atoms with Gasteiger partial charge < -0.3 is 20.6 Å². The molecule has 5 nitrogen and oxygen atoms in total. The van der Waals surface area contributed by atoms with Crippen molar-refractivity contribution in [3.8, 4) is 0 Å². The Bertz CT molecular complexity index is 669. The lowest BCUT2D eigenvalue weighted by Crippen LogP contribution is -2.48. The molecule has 0 saturated heterocycles. The molecule has 0 heterocycles. The minimum atomic E-state index is -1.09. The normalized spacial score (nSPS) is 14.4. The molecule has 0 radical (unpaired) electrons. The van der Waals surface area contributed by atoms with Crippen LogP contribution in [0.5, 0.6) is 0 Å². The number of carbonyl (C=O) groups excluding carboxylic acids is 1. The first kappa shape index (κ1) is 46.1. The molecule has 0 saturated carbocycles. The zero-order valence-corrected chi connectivity index (χ0v) is 31.8. The zero-order valence-electron chi connectivity index (χ0n) is 31.8. The van der Waals surface area contributed by atoms with Gasteiger partial charge in [0.2, 0.25) is 5.91 Å². The van der Waals surface area contributed by atoms with Crippen LogP contribution in [0.1, 0.15) is 220 Å². The van der Waals surface area contributed by atoms with Crippen LogP contribution in [-0.4, -0.2) is 46.1 Å². The van der Waals surface area contributed by atoms with Crippen molar-refractivity contribution >= 4 is 5.91 Å². The third-order valence-electron chi connectivity index (χ3n) is 10.0. The first-order valence-electron chi connectivity index (χ1n) is 20.9. The first-order valence-corrected chi connectivity index (χ1v) is 20.9. The van der Waals surface area contributed by atoms with Crippen molar-refractivity contribution in [1.29, 1.82) is 0 Å². The van der Waals surface area contributed by atoms with Gasteiger partial charge in [-0.25, -0.2) is 0 Å². The van der Waals surface area contributed by atoms with Gasteiger partial charge in [0.15, 0.2) is 0 Å². The third-order valence-corrected chi connectivity index (χ3v) is 10.0. The molecule has 1 amide bonds. The van der Waals surface area contributed by atoms with Crippen LogP contribution in [0.2, 0.25) is 0 Å². The molecule has 280 valence electrons. The minimum Gasteiger partial charge on any atom is -0.394 e. The summed E-state index contributed by atoms with van der Waals surface area (Å²) in [5.41, 5.74) is 0. The van der Waals surface area contributed by atoms with E-state index in [1.165, 1.54) is 161 Å². The maximum absolute atomic E-state index is 12.5. The molecule has 4 atom stereocenters. The summed E-state index contributed by atoms with van der Waals surface area (Å²) in [6.45, 7) is 6.51. The topological polar surface area (TPSA) is 89.8 Å². The molecule has 0 aliphatic heterocycles. The second-order valence-electron chi connectivity index (χ2n) is 14.8. The Kier molecular flexibility index (Phi) is 35.7. The second-order valence-corrected chi connectivity index (χ2v) is 14.8. The molecule has 5 heteroatoms. The zero-order chi connectivity index (χ0) is 34.6. The average molecular weight is 666 g/mol. The fourth-order valence-electron chi connectivity index (χ4n) is 6.61. The molecule has 0 rings (SSSR count). The Morgan fingerprint density at radius 2 is 0.915 bits per heavy atom. The first-order chi connectivity index (χ1) is 23.0. The molecule has 0 aromatic heterocycles. The highest BCUT2D eigenvalue weighted by molar-refractivity contribution is 5.80. The number of hydrogen-bond acceptors (Lipinski definition) is 4. The molecule has 0 fully saturated rings. The molecule has 0 aromatic carbocycles. The van der Waals surface area contributed by atoms with E-state index in [4.69, 9.17) is 0 Å². The van der Waals surface area contributed by atoms with Gasteiger partial charge in [-0.1, -0.05) is 213 Å². The Labute approximate surface area is 293 Å². The van der Waals surface area contributed by atoms with Crippen molar-refractivity contribution in [3.05, 3.63) is 12.2 Å². The molecule has 0 aliphatic carbocycles. The SMILES string of the molecule is CCCCCCCCCCCCCCCCCCCCC[C@@H](O)C(=O)N[C@H](CO)[C@@H](O)/C=C/CCC[C@H](C)CCCCCCCCC. The number of unbranched alkanes of at least 4 members (excludes halogenated alkanes) is 25. The summed E-state index contributed by atoms with van der Waals surface area (Å²) in [6, 6.07) is -0.797. The van der Waals surface area contributed by atoms with Crippen LogP contribution in [0, 0.1) is 5.92 Å².